The van der Waals surface area contributed by atoms with E-state index >= 15 is 0 Å². The fraction of sp³-hybridized carbons (Fsp3) is 0.471. The molecule has 2 aliphatic rings. The van der Waals surface area contributed by atoms with Crippen LogP contribution in [0.2, 0.25) is 5.15 Å². The second-order valence-corrected chi connectivity index (χ2v) is 6.94. The van der Waals surface area contributed by atoms with Gasteiger partial charge in [-0.1, -0.05) is 11.6 Å². The monoisotopic (exact) mass is 362 g/mol. The van der Waals surface area contributed by atoms with Crippen molar-refractivity contribution >= 4 is 17.7 Å². The third-order valence-corrected chi connectivity index (χ3v) is 4.93. The van der Waals surface area contributed by atoms with Crippen LogP contribution in [0.25, 0.3) is 0 Å². The molecule has 0 unspecified atom stereocenters. The van der Waals surface area contributed by atoms with Gasteiger partial charge in [0, 0.05) is 31.3 Å². The summed E-state index contributed by atoms with van der Waals surface area (Å²) in [5, 5.41) is 14.3. The van der Waals surface area contributed by atoms with Gasteiger partial charge < -0.3 is 14.7 Å². The van der Waals surface area contributed by atoms with E-state index in [0.29, 0.717) is 30.0 Å². The van der Waals surface area contributed by atoms with Crippen LogP contribution in [0.5, 0.6) is 11.5 Å². The molecule has 3 heterocycles. The van der Waals surface area contributed by atoms with Gasteiger partial charge in [0.25, 0.3) is 0 Å². The molecule has 132 valence electrons. The summed E-state index contributed by atoms with van der Waals surface area (Å²) >= 11 is 5.94. The van der Waals surface area contributed by atoms with E-state index in [4.69, 9.17) is 26.5 Å². The Morgan fingerprint density at radius 3 is 2.68 bits per heavy atom. The first-order valence-electron chi connectivity index (χ1n) is 8.46. The van der Waals surface area contributed by atoms with Crippen molar-refractivity contribution in [3.63, 3.8) is 0 Å². The number of halogens is 1. The van der Waals surface area contributed by atoms with Crippen molar-refractivity contribution in [3.8, 4) is 11.5 Å². The molecule has 0 aromatic carbocycles. The minimum Gasteiger partial charge on any atom is -0.465 e. The normalized spacial score (nSPS) is 18.4. The third-order valence-electron chi connectivity index (χ3n) is 4.72. The summed E-state index contributed by atoms with van der Waals surface area (Å²) < 4.78 is 8.02. The maximum Gasteiger partial charge on any atom is 0.407 e. The van der Waals surface area contributed by atoms with E-state index in [9.17, 15) is 4.79 Å². The van der Waals surface area contributed by atoms with E-state index in [1.165, 1.54) is 4.90 Å². The summed E-state index contributed by atoms with van der Waals surface area (Å²) in [6, 6.07) is 3.89. The quantitative estimate of drug-likeness (QED) is 0.834. The fourth-order valence-electron chi connectivity index (χ4n) is 3.20. The van der Waals surface area contributed by atoms with E-state index in [-0.39, 0.29) is 5.92 Å². The highest BCUT2D eigenvalue weighted by Crippen LogP contribution is 2.40. The van der Waals surface area contributed by atoms with Gasteiger partial charge in [-0.2, -0.15) is 5.10 Å². The molecule has 2 fully saturated rings. The minimum absolute atomic E-state index is 0.197. The van der Waals surface area contributed by atoms with Crippen molar-refractivity contribution in [2.45, 2.75) is 37.6 Å². The van der Waals surface area contributed by atoms with Crippen molar-refractivity contribution in [3.05, 3.63) is 35.4 Å². The fourth-order valence-corrected chi connectivity index (χ4v) is 3.36. The Balaban J connectivity index is 1.57. The van der Waals surface area contributed by atoms with Crippen molar-refractivity contribution in [1.29, 1.82) is 0 Å². The summed E-state index contributed by atoms with van der Waals surface area (Å²) in [5.41, 5.74) is 0.907. The highest BCUT2D eigenvalue weighted by Gasteiger charge is 2.31. The number of ether oxygens (including phenoxy) is 1. The molecule has 0 spiro atoms. The summed E-state index contributed by atoms with van der Waals surface area (Å²) in [6.45, 7) is 1.05. The summed E-state index contributed by atoms with van der Waals surface area (Å²) in [4.78, 5) is 16.5. The molecule has 0 bridgehead atoms. The lowest BCUT2D eigenvalue weighted by molar-refractivity contribution is 0.131. The zero-order chi connectivity index (χ0) is 17.4. The zero-order valence-corrected chi connectivity index (χ0v) is 14.4. The smallest absolute Gasteiger partial charge is 0.407 e. The number of hydrogen-bond acceptors (Lipinski definition) is 4. The Kier molecular flexibility index (Phi) is 4.25. The average Bonchev–Trinajstić information content (AvgIpc) is 3.36. The van der Waals surface area contributed by atoms with Gasteiger partial charge in [0.1, 0.15) is 16.6 Å². The van der Waals surface area contributed by atoms with Crippen LogP contribution in [0.4, 0.5) is 4.79 Å². The van der Waals surface area contributed by atoms with Crippen LogP contribution in [0.3, 0.4) is 0 Å². The largest absolute Gasteiger partial charge is 0.465 e. The van der Waals surface area contributed by atoms with E-state index in [1.54, 1.807) is 18.3 Å². The number of piperidine rings is 1. The first-order valence-corrected chi connectivity index (χ1v) is 8.84. The molecule has 4 rings (SSSR count). The van der Waals surface area contributed by atoms with Gasteiger partial charge in [-0.15, -0.1) is 0 Å². The molecular weight excluding hydrogens is 344 g/mol. The number of amides is 1. The molecule has 1 saturated carbocycles. The van der Waals surface area contributed by atoms with E-state index in [0.717, 1.165) is 37.1 Å². The zero-order valence-electron chi connectivity index (χ0n) is 13.6. The van der Waals surface area contributed by atoms with Crippen LogP contribution in [-0.2, 0) is 0 Å². The molecule has 1 amide bonds. The van der Waals surface area contributed by atoms with Gasteiger partial charge in [-0.25, -0.2) is 9.78 Å². The van der Waals surface area contributed by atoms with Gasteiger partial charge in [0.05, 0.1) is 12.2 Å². The Morgan fingerprint density at radius 1 is 1.28 bits per heavy atom. The summed E-state index contributed by atoms with van der Waals surface area (Å²) in [7, 11) is 0. The number of nitrogens with zero attached hydrogens (tertiary/aromatic N) is 4. The maximum atomic E-state index is 11.1. The van der Waals surface area contributed by atoms with Crippen molar-refractivity contribution in [2.24, 2.45) is 0 Å². The van der Waals surface area contributed by atoms with Crippen LogP contribution in [0.15, 0.2) is 24.5 Å². The predicted molar refractivity (Wildman–Crippen MR) is 91.4 cm³/mol. The lowest BCUT2D eigenvalue weighted by atomic mass is 9.93. The molecule has 1 N–H and O–H groups in total. The van der Waals surface area contributed by atoms with E-state index in [1.807, 2.05) is 10.9 Å². The molecule has 2 aromatic heterocycles. The lowest BCUT2D eigenvalue weighted by Crippen LogP contribution is -2.36. The van der Waals surface area contributed by atoms with Crippen molar-refractivity contribution in [2.75, 3.05) is 13.1 Å². The topological polar surface area (TPSA) is 80.5 Å². The molecule has 8 heteroatoms. The number of carboxylic acid groups (broad SMARTS) is 1. The highest BCUT2D eigenvalue weighted by molar-refractivity contribution is 6.29. The molecule has 7 nitrogen and oxygen atoms in total. The molecule has 1 aliphatic carbocycles. The van der Waals surface area contributed by atoms with Crippen LogP contribution < -0.4 is 4.74 Å². The van der Waals surface area contributed by atoms with Gasteiger partial charge in [0.2, 0.25) is 0 Å². The Labute approximate surface area is 150 Å². The van der Waals surface area contributed by atoms with E-state index in [2.05, 4.69) is 4.98 Å². The number of hydrogen-bond donors (Lipinski definition) is 1. The number of rotatable bonds is 4. The van der Waals surface area contributed by atoms with Crippen molar-refractivity contribution in [1.82, 2.24) is 19.7 Å². The first kappa shape index (κ1) is 16.2. The summed E-state index contributed by atoms with van der Waals surface area (Å²) in [5.74, 6) is 1.55. The number of pyridine rings is 1. The lowest BCUT2D eigenvalue weighted by Gasteiger charge is -2.29. The first-order chi connectivity index (χ1) is 12.1. The number of aromatic nitrogens is 3. The Bertz CT molecular complexity index is 782. The van der Waals surface area contributed by atoms with Gasteiger partial charge in [-0.05, 0) is 31.7 Å². The molecule has 25 heavy (non-hydrogen) atoms. The van der Waals surface area contributed by atoms with Gasteiger partial charge >= 0.3 is 6.09 Å². The standard InChI is InChI=1S/C17H19ClN4O3/c18-15-9-13(3-6-19-15)25-14-10-22(12-1-2-12)20-16(14)11-4-7-21(8-5-11)17(23)24/h3,6,9-12H,1-2,4-5,7-8H2,(H,23,24). The second kappa shape index (κ2) is 6.55. The molecule has 1 saturated heterocycles. The van der Waals surface area contributed by atoms with E-state index < -0.39 is 6.09 Å². The Hall–Kier alpha value is -2.28. The summed E-state index contributed by atoms with van der Waals surface area (Å²) in [6.07, 6.45) is 6.48. The predicted octanol–water partition coefficient (Wildman–Crippen LogP) is 3.92. The molecule has 0 radical (unpaired) electrons. The molecule has 0 atom stereocenters. The number of carbonyl (C=O) groups is 1. The van der Waals surface area contributed by atoms with Gasteiger partial charge in [-0.3, -0.25) is 4.68 Å². The van der Waals surface area contributed by atoms with Crippen LogP contribution >= 0.6 is 11.6 Å². The van der Waals surface area contributed by atoms with Crippen LogP contribution in [0.1, 0.15) is 43.3 Å². The van der Waals surface area contributed by atoms with Crippen molar-refractivity contribution < 1.29 is 14.6 Å². The molecular formula is C17H19ClN4O3. The van der Waals surface area contributed by atoms with Crippen LogP contribution in [0, 0.1) is 0 Å². The van der Waals surface area contributed by atoms with Crippen LogP contribution in [-0.4, -0.2) is 44.0 Å². The number of likely N-dealkylation sites (tertiary alicyclic amines) is 1. The molecule has 2 aromatic rings. The SMILES string of the molecule is O=C(O)N1CCC(c2nn(C3CC3)cc2Oc2ccnc(Cl)c2)CC1. The maximum absolute atomic E-state index is 11.1. The second-order valence-electron chi connectivity index (χ2n) is 6.55. The minimum atomic E-state index is -0.857. The Morgan fingerprint density at radius 2 is 2.04 bits per heavy atom. The molecule has 1 aliphatic heterocycles. The third kappa shape index (κ3) is 3.56. The van der Waals surface area contributed by atoms with Gasteiger partial charge in [0.15, 0.2) is 5.75 Å². The highest BCUT2D eigenvalue weighted by atomic mass is 35.5. The average molecular weight is 363 g/mol.